The molecule has 1 aliphatic heterocycles. The second kappa shape index (κ2) is 4.62. The summed E-state index contributed by atoms with van der Waals surface area (Å²) in [5.41, 5.74) is 0.846. The summed E-state index contributed by atoms with van der Waals surface area (Å²) in [4.78, 5) is 12.8. The Labute approximate surface area is 103 Å². The van der Waals surface area contributed by atoms with Gasteiger partial charge in [-0.3, -0.25) is 4.90 Å². The predicted octanol–water partition coefficient (Wildman–Crippen LogP) is 1.53. The number of anilines is 1. The van der Waals surface area contributed by atoms with Crippen molar-refractivity contribution in [3.05, 3.63) is 28.8 Å². The van der Waals surface area contributed by atoms with E-state index in [1.165, 1.54) is 17.0 Å². The fourth-order valence-corrected chi connectivity index (χ4v) is 1.87. The van der Waals surface area contributed by atoms with Crippen molar-refractivity contribution in [3.8, 4) is 6.07 Å². The summed E-state index contributed by atoms with van der Waals surface area (Å²) in [6.07, 6.45) is -0.523. The molecule has 0 radical (unpaired) electrons. The van der Waals surface area contributed by atoms with Crippen LogP contribution in [-0.2, 0) is 4.74 Å². The molecule has 1 atom stereocenters. The molecule has 2 rings (SSSR count). The van der Waals surface area contributed by atoms with Crippen LogP contribution in [0, 0.1) is 11.3 Å². The number of cyclic esters (lactones) is 1. The van der Waals surface area contributed by atoms with E-state index in [2.05, 4.69) is 0 Å². The molecule has 0 aliphatic carbocycles. The number of ether oxygens (including phenoxy) is 1. The van der Waals surface area contributed by atoms with Gasteiger partial charge in [0, 0.05) is 5.69 Å². The molecule has 1 aromatic carbocycles. The smallest absolute Gasteiger partial charge is 0.414 e. The second-order valence-electron chi connectivity index (χ2n) is 3.56. The van der Waals surface area contributed by atoms with Gasteiger partial charge in [-0.1, -0.05) is 11.6 Å². The maximum absolute atomic E-state index is 11.5. The van der Waals surface area contributed by atoms with Gasteiger partial charge in [-0.05, 0) is 18.2 Å². The third-order valence-corrected chi connectivity index (χ3v) is 2.84. The van der Waals surface area contributed by atoms with E-state index in [1.807, 2.05) is 6.07 Å². The zero-order valence-electron chi connectivity index (χ0n) is 8.76. The number of carbonyl (C=O) groups is 1. The van der Waals surface area contributed by atoms with Crippen LogP contribution in [0.5, 0.6) is 0 Å². The quantitative estimate of drug-likeness (QED) is 0.866. The number of halogens is 1. The molecule has 0 spiro atoms. The third-order valence-electron chi connectivity index (χ3n) is 2.52. The van der Waals surface area contributed by atoms with Crippen molar-refractivity contribution < 1.29 is 14.6 Å². The Morgan fingerprint density at radius 3 is 3.00 bits per heavy atom. The van der Waals surface area contributed by atoms with Crippen molar-refractivity contribution in [2.45, 2.75) is 6.04 Å². The SMILES string of the molecule is N#Cc1ccc(N2C(=O)OC[C@@H]2CO)cc1Cl. The van der Waals surface area contributed by atoms with E-state index >= 15 is 0 Å². The van der Waals surface area contributed by atoms with Gasteiger partial charge in [0.25, 0.3) is 0 Å². The van der Waals surface area contributed by atoms with Gasteiger partial charge in [-0.2, -0.15) is 5.26 Å². The number of hydrogen-bond donors (Lipinski definition) is 1. The number of nitrogens with zero attached hydrogens (tertiary/aromatic N) is 2. The van der Waals surface area contributed by atoms with Crippen molar-refractivity contribution in [2.75, 3.05) is 18.1 Å². The van der Waals surface area contributed by atoms with Gasteiger partial charge >= 0.3 is 6.09 Å². The molecule has 17 heavy (non-hydrogen) atoms. The molecule has 6 heteroatoms. The summed E-state index contributed by atoms with van der Waals surface area (Å²) >= 11 is 5.88. The molecule has 0 aromatic heterocycles. The maximum Gasteiger partial charge on any atom is 0.414 e. The van der Waals surface area contributed by atoms with Crippen molar-refractivity contribution in [3.63, 3.8) is 0 Å². The van der Waals surface area contributed by atoms with Crippen LogP contribution >= 0.6 is 11.6 Å². The minimum absolute atomic E-state index is 0.146. The highest BCUT2D eigenvalue weighted by Gasteiger charge is 2.33. The van der Waals surface area contributed by atoms with Gasteiger partial charge in [0.1, 0.15) is 12.7 Å². The molecule has 5 nitrogen and oxygen atoms in total. The van der Waals surface area contributed by atoms with Crippen LogP contribution in [0.25, 0.3) is 0 Å². The summed E-state index contributed by atoms with van der Waals surface area (Å²) < 4.78 is 4.84. The lowest BCUT2D eigenvalue weighted by Crippen LogP contribution is -2.36. The number of carbonyl (C=O) groups excluding carboxylic acids is 1. The molecular weight excluding hydrogens is 244 g/mol. The summed E-state index contributed by atoms with van der Waals surface area (Å²) in [5, 5.41) is 18.1. The van der Waals surface area contributed by atoms with Gasteiger partial charge in [0.05, 0.1) is 23.2 Å². The van der Waals surface area contributed by atoms with E-state index < -0.39 is 12.1 Å². The lowest BCUT2D eigenvalue weighted by Gasteiger charge is -2.19. The number of nitriles is 1. The van der Waals surface area contributed by atoms with Gasteiger partial charge in [-0.15, -0.1) is 0 Å². The van der Waals surface area contributed by atoms with Crippen LogP contribution in [-0.4, -0.2) is 30.5 Å². The molecule has 1 saturated heterocycles. The Balaban J connectivity index is 2.37. The topological polar surface area (TPSA) is 73.6 Å². The fourth-order valence-electron chi connectivity index (χ4n) is 1.66. The van der Waals surface area contributed by atoms with Crippen molar-refractivity contribution in [2.24, 2.45) is 0 Å². The molecule has 1 heterocycles. The zero-order chi connectivity index (χ0) is 12.4. The molecule has 0 saturated carbocycles. The average molecular weight is 253 g/mol. The van der Waals surface area contributed by atoms with E-state index in [4.69, 9.17) is 26.7 Å². The lowest BCUT2D eigenvalue weighted by atomic mass is 10.2. The van der Waals surface area contributed by atoms with Crippen molar-refractivity contribution >= 4 is 23.4 Å². The fraction of sp³-hybridized carbons (Fsp3) is 0.273. The molecule has 88 valence electrons. The minimum atomic E-state index is -0.523. The van der Waals surface area contributed by atoms with Crippen LogP contribution in [0.2, 0.25) is 5.02 Å². The molecule has 1 fully saturated rings. The van der Waals surface area contributed by atoms with Crippen LogP contribution in [0.4, 0.5) is 10.5 Å². The maximum atomic E-state index is 11.5. The monoisotopic (exact) mass is 252 g/mol. The second-order valence-corrected chi connectivity index (χ2v) is 3.97. The first kappa shape index (κ1) is 11.7. The standard InChI is InChI=1S/C11H9ClN2O3/c12-10-3-8(2-1-7(10)4-13)14-9(5-15)6-17-11(14)16/h1-3,9,15H,5-6H2/t9-/m0/s1. The Bertz CT molecular complexity index is 498. The van der Waals surface area contributed by atoms with E-state index in [1.54, 1.807) is 6.07 Å². The Hall–Kier alpha value is -1.77. The summed E-state index contributed by atoms with van der Waals surface area (Å²) in [7, 11) is 0. The van der Waals surface area contributed by atoms with E-state index in [0.717, 1.165) is 0 Å². The minimum Gasteiger partial charge on any atom is -0.447 e. The molecule has 1 aromatic rings. The Morgan fingerprint density at radius 2 is 2.41 bits per heavy atom. The van der Waals surface area contributed by atoms with E-state index in [9.17, 15) is 4.79 Å². The Kier molecular flexibility index (Phi) is 3.18. The lowest BCUT2D eigenvalue weighted by molar-refractivity contribution is 0.174. The van der Waals surface area contributed by atoms with E-state index in [-0.39, 0.29) is 18.2 Å². The number of rotatable bonds is 2. The summed E-state index contributed by atoms with van der Waals surface area (Å²) in [6.45, 7) is -0.0453. The van der Waals surface area contributed by atoms with Crippen LogP contribution in [0.15, 0.2) is 18.2 Å². The number of benzene rings is 1. The van der Waals surface area contributed by atoms with Gasteiger partial charge in [-0.25, -0.2) is 4.79 Å². The number of aliphatic hydroxyl groups is 1. The van der Waals surface area contributed by atoms with Crippen LogP contribution < -0.4 is 4.90 Å². The van der Waals surface area contributed by atoms with Crippen LogP contribution in [0.1, 0.15) is 5.56 Å². The highest BCUT2D eigenvalue weighted by molar-refractivity contribution is 6.32. The van der Waals surface area contributed by atoms with Gasteiger partial charge in [0.15, 0.2) is 0 Å². The molecule has 0 bridgehead atoms. The first-order valence-corrected chi connectivity index (χ1v) is 5.31. The zero-order valence-corrected chi connectivity index (χ0v) is 9.52. The summed E-state index contributed by atoms with van der Waals surface area (Å²) in [5.74, 6) is 0. The number of amides is 1. The van der Waals surface area contributed by atoms with Crippen molar-refractivity contribution in [1.82, 2.24) is 0 Å². The molecule has 1 aliphatic rings. The molecule has 0 unspecified atom stereocenters. The summed E-state index contributed by atoms with van der Waals surface area (Å²) in [6, 6.07) is 6.15. The molecule has 1 amide bonds. The third kappa shape index (κ3) is 2.05. The molecular formula is C11H9ClN2O3. The van der Waals surface area contributed by atoms with Gasteiger partial charge in [0.2, 0.25) is 0 Å². The number of hydrogen-bond acceptors (Lipinski definition) is 4. The first-order valence-electron chi connectivity index (χ1n) is 4.94. The predicted molar refractivity (Wildman–Crippen MR) is 60.9 cm³/mol. The number of aliphatic hydroxyl groups excluding tert-OH is 1. The van der Waals surface area contributed by atoms with Gasteiger partial charge < -0.3 is 9.84 Å². The average Bonchev–Trinajstić information content (AvgIpc) is 2.70. The Morgan fingerprint density at radius 1 is 1.65 bits per heavy atom. The highest BCUT2D eigenvalue weighted by Crippen LogP contribution is 2.27. The normalized spacial score (nSPS) is 19.0. The van der Waals surface area contributed by atoms with Crippen molar-refractivity contribution in [1.29, 1.82) is 5.26 Å². The largest absolute Gasteiger partial charge is 0.447 e. The highest BCUT2D eigenvalue weighted by atomic mass is 35.5. The van der Waals surface area contributed by atoms with Crippen LogP contribution in [0.3, 0.4) is 0 Å². The van der Waals surface area contributed by atoms with E-state index in [0.29, 0.717) is 11.3 Å². The first-order chi connectivity index (χ1) is 8.17. The molecule has 1 N–H and O–H groups in total.